The number of alkyl halides is 3. The Hall–Kier alpha value is -1.50. The van der Waals surface area contributed by atoms with Crippen LogP contribution in [0.4, 0.5) is 13.2 Å². The van der Waals surface area contributed by atoms with Crippen LogP contribution in [0.2, 0.25) is 0 Å². The number of benzene rings is 1. The summed E-state index contributed by atoms with van der Waals surface area (Å²) in [6.45, 7) is 4.24. The molecule has 0 spiro atoms. The van der Waals surface area contributed by atoms with Gasteiger partial charge in [0, 0.05) is 0 Å². The zero-order valence-corrected chi connectivity index (χ0v) is 9.60. The smallest absolute Gasteiger partial charge is 0.374 e. The molecule has 1 aromatic carbocycles. The van der Waals surface area contributed by atoms with E-state index in [9.17, 15) is 21.6 Å². The van der Waals surface area contributed by atoms with E-state index >= 15 is 0 Å². The highest BCUT2D eigenvalue weighted by Gasteiger charge is 2.37. The molecule has 17 heavy (non-hydrogen) atoms. The summed E-state index contributed by atoms with van der Waals surface area (Å²) in [5.41, 5.74) is 0.776. The van der Waals surface area contributed by atoms with E-state index in [0.29, 0.717) is 0 Å². The minimum atomic E-state index is -4.90. The monoisotopic (exact) mass is 266 g/mol. The van der Waals surface area contributed by atoms with Gasteiger partial charge >= 0.3 is 16.3 Å². The van der Waals surface area contributed by atoms with Gasteiger partial charge in [0.05, 0.1) is 0 Å². The Labute approximate surface area is 96.6 Å². The Morgan fingerprint density at radius 3 is 2.12 bits per heavy atom. The molecule has 0 aliphatic heterocycles. The Morgan fingerprint density at radius 1 is 1.24 bits per heavy atom. The number of hydrogen-bond donors (Lipinski definition) is 0. The molecule has 0 bridgehead atoms. The summed E-state index contributed by atoms with van der Waals surface area (Å²) < 4.78 is 62.9. The highest BCUT2D eigenvalue weighted by molar-refractivity contribution is 7.86. The van der Waals surface area contributed by atoms with E-state index in [2.05, 4.69) is 10.8 Å². The lowest BCUT2D eigenvalue weighted by atomic mass is 10.2. The summed E-state index contributed by atoms with van der Waals surface area (Å²) in [6, 6.07) is 5.22. The minimum absolute atomic E-state index is 0.353. The molecule has 0 fully saturated rings. The van der Waals surface area contributed by atoms with E-state index in [1.807, 2.05) is 0 Å². The number of aryl methyl sites for hydroxylation is 1. The van der Waals surface area contributed by atoms with E-state index in [-0.39, 0.29) is 4.90 Å². The van der Waals surface area contributed by atoms with Crippen molar-refractivity contribution in [3.63, 3.8) is 0 Å². The second kappa shape index (κ2) is 4.40. The first kappa shape index (κ1) is 13.6. The SMILES string of the molecule is C=C(OS(=O)(=O)c1ccc(C)cc1)C(F)(F)F. The fourth-order valence-corrected chi connectivity index (χ4v) is 1.86. The maximum Gasteiger partial charge on any atom is 0.450 e. The zero-order valence-electron chi connectivity index (χ0n) is 8.78. The maximum atomic E-state index is 12.1. The van der Waals surface area contributed by atoms with Crippen molar-refractivity contribution in [2.75, 3.05) is 0 Å². The molecular formula is C10H9F3O3S. The summed E-state index contributed by atoms with van der Waals surface area (Å²) in [5.74, 6) is -1.77. The van der Waals surface area contributed by atoms with Crippen LogP contribution in [0.1, 0.15) is 5.56 Å². The molecule has 0 aliphatic rings. The molecule has 0 aromatic heterocycles. The molecular weight excluding hydrogens is 257 g/mol. The fourth-order valence-electron chi connectivity index (χ4n) is 0.933. The van der Waals surface area contributed by atoms with Gasteiger partial charge in [0.15, 0.2) is 0 Å². The third-order valence-corrected chi connectivity index (χ3v) is 3.11. The summed E-state index contributed by atoms with van der Waals surface area (Å²) >= 11 is 0. The van der Waals surface area contributed by atoms with Crippen molar-refractivity contribution in [2.24, 2.45) is 0 Å². The quantitative estimate of drug-likeness (QED) is 0.624. The molecule has 0 aliphatic carbocycles. The molecule has 0 atom stereocenters. The average Bonchev–Trinajstić information content (AvgIpc) is 2.16. The fraction of sp³-hybridized carbons (Fsp3) is 0.200. The predicted octanol–water partition coefficient (Wildman–Crippen LogP) is 2.78. The first-order chi connectivity index (χ1) is 7.63. The highest BCUT2D eigenvalue weighted by Crippen LogP contribution is 2.28. The Morgan fingerprint density at radius 2 is 1.71 bits per heavy atom. The lowest BCUT2D eigenvalue weighted by Crippen LogP contribution is -2.17. The van der Waals surface area contributed by atoms with Crippen LogP contribution < -0.4 is 0 Å². The lowest BCUT2D eigenvalue weighted by molar-refractivity contribution is -0.115. The predicted molar refractivity (Wildman–Crippen MR) is 54.6 cm³/mol. The van der Waals surface area contributed by atoms with Gasteiger partial charge in [-0.05, 0) is 25.6 Å². The number of rotatable bonds is 3. The van der Waals surface area contributed by atoms with E-state index in [1.54, 1.807) is 6.92 Å². The molecule has 0 N–H and O–H groups in total. The second-order valence-corrected chi connectivity index (χ2v) is 4.82. The maximum absolute atomic E-state index is 12.1. The average molecular weight is 266 g/mol. The van der Waals surface area contributed by atoms with E-state index in [0.717, 1.165) is 17.7 Å². The Balaban J connectivity index is 2.98. The molecule has 0 unspecified atom stereocenters. The highest BCUT2D eigenvalue weighted by atomic mass is 32.2. The molecule has 0 saturated carbocycles. The van der Waals surface area contributed by atoms with Crippen LogP contribution in [0, 0.1) is 6.92 Å². The molecule has 1 rings (SSSR count). The molecule has 0 radical (unpaired) electrons. The van der Waals surface area contributed by atoms with Gasteiger partial charge in [0.25, 0.3) is 0 Å². The Kier molecular flexibility index (Phi) is 3.51. The van der Waals surface area contributed by atoms with Gasteiger partial charge in [-0.3, -0.25) is 0 Å². The topological polar surface area (TPSA) is 43.4 Å². The summed E-state index contributed by atoms with van der Waals surface area (Å²) in [4.78, 5) is -0.353. The van der Waals surface area contributed by atoms with Crippen LogP contribution in [0.3, 0.4) is 0 Å². The van der Waals surface area contributed by atoms with Crippen molar-refractivity contribution in [1.29, 1.82) is 0 Å². The first-order valence-corrected chi connectivity index (χ1v) is 5.81. The third kappa shape index (κ3) is 3.48. The molecule has 7 heteroatoms. The van der Waals surface area contributed by atoms with Crippen molar-refractivity contribution in [3.8, 4) is 0 Å². The molecule has 0 heterocycles. The second-order valence-electron chi connectivity index (χ2n) is 3.27. The molecule has 1 aromatic rings. The van der Waals surface area contributed by atoms with E-state index < -0.39 is 22.1 Å². The van der Waals surface area contributed by atoms with Gasteiger partial charge in [-0.2, -0.15) is 21.6 Å². The van der Waals surface area contributed by atoms with Crippen LogP contribution in [0.15, 0.2) is 41.5 Å². The normalized spacial score (nSPS) is 12.2. The van der Waals surface area contributed by atoms with Crippen molar-refractivity contribution < 1.29 is 25.8 Å². The van der Waals surface area contributed by atoms with Crippen molar-refractivity contribution in [2.45, 2.75) is 18.0 Å². The lowest BCUT2D eigenvalue weighted by Gasteiger charge is -2.11. The summed E-state index contributed by atoms with van der Waals surface area (Å²) in [6.07, 6.45) is -4.90. The number of hydrogen-bond acceptors (Lipinski definition) is 3. The van der Waals surface area contributed by atoms with E-state index in [1.165, 1.54) is 12.1 Å². The van der Waals surface area contributed by atoms with Crippen LogP contribution in [0.5, 0.6) is 0 Å². The Bertz CT molecular complexity index is 515. The van der Waals surface area contributed by atoms with Gasteiger partial charge < -0.3 is 4.18 Å². The molecule has 94 valence electrons. The standard InChI is InChI=1S/C10H9F3O3S/c1-7-3-5-9(6-4-7)17(14,15)16-8(2)10(11,12)13/h3-6H,2H2,1H3. The largest absolute Gasteiger partial charge is 0.450 e. The van der Waals surface area contributed by atoms with Crippen LogP contribution in [0.25, 0.3) is 0 Å². The van der Waals surface area contributed by atoms with Gasteiger partial charge in [-0.1, -0.05) is 17.7 Å². The summed E-state index contributed by atoms with van der Waals surface area (Å²) in [7, 11) is -4.48. The molecule has 0 saturated heterocycles. The van der Waals surface area contributed by atoms with Crippen molar-refractivity contribution in [1.82, 2.24) is 0 Å². The van der Waals surface area contributed by atoms with Crippen molar-refractivity contribution >= 4 is 10.1 Å². The van der Waals surface area contributed by atoms with E-state index in [4.69, 9.17) is 0 Å². The number of allylic oxidation sites excluding steroid dienone is 1. The summed E-state index contributed by atoms with van der Waals surface area (Å²) in [5, 5.41) is 0. The molecule has 3 nitrogen and oxygen atoms in total. The minimum Gasteiger partial charge on any atom is -0.374 e. The van der Waals surface area contributed by atoms with Crippen LogP contribution in [-0.4, -0.2) is 14.6 Å². The first-order valence-electron chi connectivity index (χ1n) is 4.40. The van der Waals surface area contributed by atoms with Gasteiger partial charge in [-0.25, -0.2) is 0 Å². The van der Waals surface area contributed by atoms with Gasteiger partial charge in [0.1, 0.15) is 4.90 Å². The zero-order chi connectivity index (χ0) is 13.3. The third-order valence-electron chi connectivity index (χ3n) is 1.84. The van der Waals surface area contributed by atoms with Crippen LogP contribution >= 0.6 is 0 Å². The van der Waals surface area contributed by atoms with Crippen LogP contribution in [-0.2, 0) is 14.3 Å². The molecule has 0 amide bonds. The van der Waals surface area contributed by atoms with Gasteiger partial charge in [-0.15, -0.1) is 0 Å². The van der Waals surface area contributed by atoms with Crippen molar-refractivity contribution in [3.05, 3.63) is 42.2 Å². The van der Waals surface area contributed by atoms with Gasteiger partial charge in [0.2, 0.25) is 5.76 Å². The number of halogens is 3.